The maximum atomic E-state index is 12.8. The summed E-state index contributed by atoms with van der Waals surface area (Å²) >= 11 is 0.831. The predicted molar refractivity (Wildman–Crippen MR) is 131 cm³/mol. The number of thioether (sulfide) groups is 1. The lowest BCUT2D eigenvalue weighted by Crippen LogP contribution is -2.27. The average molecular weight is 452 g/mol. The molecule has 0 aromatic heterocycles. The molecule has 0 atom stereocenters. The molecule has 1 N–H and O–H groups in total. The largest absolute Gasteiger partial charge is 0.507 e. The van der Waals surface area contributed by atoms with Gasteiger partial charge in [0.15, 0.2) is 0 Å². The van der Waals surface area contributed by atoms with Gasteiger partial charge in [-0.2, -0.15) is 5.11 Å². The monoisotopic (exact) mass is 451 g/mol. The van der Waals surface area contributed by atoms with E-state index in [1.807, 2.05) is 48.5 Å². The molecule has 4 aromatic carbocycles. The highest BCUT2D eigenvalue weighted by Gasteiger charge is 2.36. The van der Waals surface area contributed by atoms with Gasteiger partial charge in [-0.05, 0) is 59.6 Å². The second kappa shape index (κ2) is 8.72. The Morgan fingerprint density at radius 3 is 2.42 bits per heavy atom. The van der Waals surface area contributed by atoms with Gasteiger partial charge in [0.05, 0.1) is 22.0 Å². The Hall–Kier alpha value is -4.23. The number of carbonyl (C=O) groups excluding carboxylic acids is 2. The number of phenols is 1. The van der Waals surface area contributed by atoms with E-state index in [1.54, 1.807) is 36.4 Å². The third-order valence-electron chi connectivity index (χ3n) is 5.15. The molecule has 1 saturated heterocycles. The third-order valence-corrected chi connectivity index (χ3v) is 6.02. The number of anilines is 1. The number of rotatable bonds is 4. The molecule has 2 amide bonds. The molecule has 0 aliphatic carbocycles. The normalized spacial score (nSPS) is 15.3. The zero-order valence-corrected chi connectivity index (χ0v) is 18.1. The fraction of sp³-hybridized carbons (Fsp3) is 0. The minimum atomic E-state index is -0.432. The van der Waals surface area contributed by atoms with Crippen LogP contribution in [-0.4, -0.2) is 16.3 Å². The molecule has 0 spiro atoms. The van der Waals surface area contributed by atoms with Gasteiger partial charge < -0.3 is 5.11 Å². The number of hydrogen-bond acceptors (Lipinski definition) is 6. The van der Waals surface area contributed by atoms with Crippen LogP contribution in [0.4, 0.5) is 21.9 Å². The van der Waals surface area contributed by atoms with Crippen molar-refractivity contribution in [2.24, 2.45) is 10.2 Å². The number of nitrogens with zero attached hydrogens (tertiary/aromatic N) is 3. The molecule has 4 aromatic rings. The van der Waals surface area contributed by atoms with E-state index in [1.165, 1.54) is 12.1 Å². The van der Waals surface area contributed by atoms with E-state index in [2.05, 4.69) is 10.2 Å². The number of amides is 2. The summed E-state index contributed by atoms with van der Waals surface area (Å²) in [6.07, 6.45) is 1.50. The van der Waals surface area contributed by atoms with Crippen molar-refractivity contribution >= 4 is 56.8 Å². The standard InChI is InChI=1S/C26H17N3O3S/c30-23-14-13-19(27-28-22-12-6-8-17-7-4-5-11-21(17)22)15-18(23)16-24-25(31)29(26(32)33-24)20-9-2-1-3-10-20/h1-16,30H/b24-16-,28-27?. The van der Waals surface area contributed by atoms with Gasteiger partial charge in [-0.25, -0.2) is 4.90 Å². The van der Waals surface area contributed by atoms with Gasteiger partial charge in [-0.1, -0.05) is 54.6 Å². The summed E-state index contributed by atoms with van der Waals surface area (Å²) in [4.78, 5) is 26.6. The molecule has 160 valence electrons. The average Bonchev–Trinajstić information content (AvgIpc) is 3.12. The van der Waals surface area contributed by atoms with Gasteiger partial charge in [0, 0.05) is 10.9 Å². The molecule has 1 heterocycles. The van der Waals surface area contributed by atoms with Crippen molar-refractivity contribution in [3.8, 4) is 5.75 Å². The van der Waals surface area contributed by atoms with E-state index in [0.717, 1.165) is 33.1 Å². The van der Waals surface area contributed by atoms with E-state index in [4.69, 9.17) is 0 Å². The lowest BCUT2D eigenvalue weighted by atomic mass is 10.1. The van der Waals surface area contributed by atoms with Crippen molar-refractivity contribution in [2.45, 2.75) is 0 Å². The van der Waals surface area contributed by atoms with Crippen LogP contribution in [0.3, 0.4) is 0 Å². The van der Waals surface area contributed by atoms with Crippen molar-refractivity contribution < 1.29 is 14.7 Å². The summed E-state index contributed by atoms with van der Waals surface area (Å²) < 4.78 is 0. The maximum absolute atomic E-state index is 12.8. The Bertz CT molecular complexity index is 1440. The SMILES string of the molecule is O=C1S/C(=C\c2cc(N=Nc3cccc4ccccc34)ccc2O)C(=O)N1c1ccccc1. The molecule has 5 rings (SSSR count). The first-order chi connectivity index (χ1) is 16.1. The molecule has 0 unspecified atom stereocenters. The second-order valence-electron chi connectivity index (χ2n) is 7.29. The van der Waals surface area contributed by atoms with Crippen LogP contribution in [0.2, 0.25) is 0 Å². The van der Waals surface area contributed by atoms with Crippen LogP contribution in [0.25, 0.3) is 16.8 Å². The van der Waals surface area contributed by atoms with Gasteiger partial charge in [0.1, 0.15) is 5.75 Å². The Morgan fingerprint density at radius 1 is 0.818 bits per heavy atom. The van der Waals surface area contributed by atoms with Crippen molar-refractivity contribution in [1.82, 2.24) is 0 Å². The fourth-order valence-corrected chi connectivity index (χ4v) is 4.37. The summed E-state index contributed by atoms with van der Waals surface area (Å²) in [6.45, 7) is 0. The van der Waals surface area contributed by atoms with Gasteiger partial charge >= 0.3 is 0 Å². The van der Waals surface area contributed by atoms with Gasteiger partial charge in [0.25, 0.3) is 11.1 Å². The number of carbonyl (C=O) groups is 2. The topological polar surface area (TPSA) is 82.3 Å². The van der Waals surface area contributed by atoms with Crippen LogP contribution in [-0.2, 0) is 4.79 Å². The van der Waals surface area contributed by atoms with E-state index >= 15 is 0 Å². The summed E-state index contributed by atoms with van der Waals surface area (Å²) in [7, 11) is 0. The quantitative estimate of drug-likeness (QED) is 0.263. The minimum absolute atomic E-state index is 0.0226. The van der Waals surface area contributed by atoms with Gasteiger partial charge in [0.2, 0.25) is 0 Å². The molecule has 6 nitrogen and oxygen atoms in total. The first kappa shape index (κ1) is 20.7. The number of imide groups is 1. The molecule has 7 heteroatoms. The molecule has 1 aliphatic rings. The molecular weight excluding hydrogens is 434 g/mol. The zero-order valence-electron chi connectivity index (χ0n) is 17.3. The summed E-state index contributed by atoms with van der Waals surface area (Å²) in [5.74, 6) is -0.455. The van der Waals surface area contributed by atoms with Crippen molar-refractivity contribution in [3.63, 3.8) is 0 Å². The Kier molecular flexibility index (Phi) is 5.46. The Morgan fingerprint density at radius 2 is 1.58 bits per heavy atom. The molecule has 0 radical (unpaired) electrons. The number of benzene rings is 4. The molecule has 33 heavy (non-hydrogen) atoms. The van der Waals surface area contributed by atoms with E-state index in [-0.39, 0.29) is 15.9 Å². The number of hydrogen-bond donors (Lipinski definition) is 1. The minimum Gasteiger partial charge on any atom is -0.507 e. The summed E-state index contributed by atoms with van der Waals surface area (Å²) in [5, 5.41) is 20.7. The van der Waals surface area contributed by atoms with E-state index in [0.29, 0.717) is 16.9 Å². The maximum Gasteiger partial charge on any atom is 0.298 e. The number of aromatic hydroxyl groups is 1. The van der Waals surface area contributed by atoms with E-state index < -0.39 is 5.91 Å². The van der Waals surface area contributed by atoms with Crippen LogP contribution < -0.4 is 4.90 Å². The smallest absolute Gasteiger partial charge is 0.298 e. The lowest BCUT2D eigenvalue weighted by molar-refractivity contribution is -0.113. The first-order valence-electron chi connectivity index (χ1n) is 10.2. The Balaban J connectivity index is 1.45. The number of phenolic OH excluding ortho intramolecular Hbond substituents is 1. The summed E-state index contributed by atoms with van der Waals surface area (Å²) in [5.41, 5.74) is 2.12. The molecule has 1 fully saturated rings. The van der Waals surface area contributed by atoms with Crippen LogP contribution in [0.5, 0.6) is 5.75 Å². The first-order valence-corrected chi connectivity index (χ1v) is 11.0. The fourth-order valence-electron chi connectivity index (χ4n) is 3.54. The van der Waals surface area contributed by atoms with Crippen molar-refractivity contribution in [3.05, 3.63) is 101 Å². The number of azo groups is 1. The van der Waals surface area contributed by atoms with E-state index in [9.17, 15) is 14.7 Å². The van der Waals surface area contributed by atoms with Crippen LogP contribution in [0.15, 0.2) is 106 Å². The highest BCUT2D eigenvalue weighted by atomic mass is 32.2. The van der Waals surface area contributed by atoms with Gasteiger partial charge in [-0.3, -0.25) is 9.59 Å². The zero-order chi connectivity index (χ0) is 22.8. The van der Waals surface area contributed by atoms with Crippen LogP contribution >= 0.6 is 11.8 Å². The molecule has 0 saturated carbocycles. The second-order valence-corrected chi connectivity index (χ2v) is 8.29. The summed E-state index contributed by atoms with van der Waals surface area (Å²) in [6, 6.07) is 27.2. The highest BCUT2D eigenvalue weighted by Crippen LogP contribution is 2.37. The molecular formula is C26H17N3O3S. The number of para-hydroxylation sites is 1. The van der Waals surface area contributed by atoms with Crippen molar-refractivity contribution in [2.75, 3.05) is 4.90 Å². The van der Waals surface area contributed by atoms with Gasteiger partial charge in [-0.15, -0.1) is 5.11 Å². The lowest BCUT2D eigenvalue weighted by Gasteiger charge is -2.11. The third kappa shape index (κ3) is 4.14. The highest BCUT2D eigenvalue weighted by molar-refractivity contribution is 8.19. The van der Waals surface area contributed by atoms with Crippen LogP contribution in [0.1, 0.15) is 5.56 Å². The Labute approximate surface area is 193 Å². The molecule has 0 bridgehead atoms. The van der Waals surface area contributed by atoms with Crippen molar-refractivity contribution in [1.29, 1.82) is 0 Å². The predicted octanol–water partition coefficient (Wildman–Crippen LogP) is 7.20. The molecule has 1 aliphatic heterocycles. The number of fused-ring (bicyclic) bond motifs is 1. The van der Waals surface area contributed by atoms with Crippen LogP contribution in [0, 0.1) is 0 Å².